The van der Waals surface area contributed by atoms with Gasteiger partial charge in [0.15, 0.2) is 11.6 Å². The normalized spacial score (nSPS) is 9.69. The number of Topliss-reactive ketones (excluding diaryl/α,β-unsaturated/α-hetero) is 1. The van der Waals surface area contributed by atoms with Crippen LogP contribution in [0.25, 0.3) is 0 Å². The number of benzene rings is 1. The highest BCUT2D eigenvalue weighted by Crippen LogP contribution is 2.17. The lowest BCUT2D eigenvalue weighted by Crippen LogP contribution is -2.30. The summed E-state index contributed by atoms with van der Waals surface area (Å²) in [7, 11) is 1.32. The molecule has 1 amide bonds. The van der Waals surface area contributed by atoms with Crippen LogP contribution >= 0.6 is 0 Å². The number of amides is 1. The number of ether oxygens (including phenoxy) is 1. The summed E-state index contributed by atoms with van der Waals surface area (Å²) in [5, 5.41) is 2.35. The molecule has 5 heteroatoms. The van der Waals surface area contributed by atoms with Gasteiger partial charge in [-0.1, -0.05) is 0 Å². The van der Waals surface area contributed by atoms with Crippen LogP contribution < -0.4 is 10.1 Å². The number of rotatable bonds is 4. The van der Waals surface area contributed by atoms with Crippen LogP contribution in [0.5, 0.6) is 5.75 Å². The molecule has 0 saturated carbocycles. The van der Waals surface area contributed by atoms with Gasteiger partial charge in [0.05, 0.1) is 7.11 Å². The number of hydrogen-bond acceptors (Lipinski definition) is 3. The summed E-state index contributed by atoms with van der Waals surface area (Å²) in [5.41, 5.74) is 0.00394. The van der Waals surface area contributed by atoms with E-state index in [1.54, 1.807) is 6.92 Å². The van der Waals surface area contributed by atoms with Gasteiger partial charge < -0.3 is 10.1 Å². The minimum atomic E-state index is -0.761. The lowest BCUT2D eigenvalue weighted by molar-refractivity contribution is -0.116. The molecule has 1 rings (SSSR count). The first-order chi connectivity index (χ1) is 7.60. The van der Waals surface area contributed by atoms with E-state index in [1.807, 2.05) is 0 Å². The number of carbonyl (C=O) groups is 2. The molecule has 0 spiro atoms. The van der Waals surface area contributed by atoms with E-state index in [0.29, 0.717) is 6.54 Å². The Bertz CT molecular complexity index is 418. The summed E-state index contributed by atoms with van der Waals surface area (Å²) in [5.74, 6) is -2.14. The number of halogens is 1. The topological polar surface area (TPSA) is 55.4 Å². The maximum Gasteiger partial charge on any atom is 0.292 e. The zero-order chi connectivity index (χ0) is 12.1. The van der Waals surface area contributed by atoms with E-state index in [1.165, 1.54) is 19.2 Å². The minimum absolute atomic E-state index is 0.00394. The third kappa shape index (κ3) is 2.56. The van der Waals surface area contributed by atoms with Crippen LogP contribution in [0.4, 0.5) is 4.39 Å². The molecule has 4 nitrogen and oxygen atoms in total. The van der Waals surface area contributed by atoms with Crippen LogP contribution in [-0.4, -0.2) is 25.3 Å². The minimum Gasteiger partial charge on any atom is -0.494 e. The second-order valence-electron chi connectivity index (χ2n) is 3.04. The van der Waals surface area contributed by atoms with Gasteiger partial charge in [0.2, 0.25) is 5.78 Å². The lowest BCUT2D eigenvalue weighted by Gasteiger charge is -2.04. The molecule has 86 valence electrons. The number of nitrogens with one attached hydrogen (secondary N) is 1. The van der Waals surface area contributed by atoms with Gasteiger partial charge >= 0.3 is 0 Å². The molecule has 0 heterocycles. The third-order valence-corrected chi connectivity index (χ3v) is 1.96. The first kappa shape index (κ1) is 12.2. The average molecular weight is 225 g/mol. The first-order valence-corrected chi connectivity index (χ1v) is 4.76. The van der Waals surface area contributed by atoms with Gasteiger partial charge in [0, 0.05) is 12.1 Å². The Hall–Kier alpha value is -1.91. The Morgan fingerprint density at radius 2 is 2.12 bits per heavy atom. The monoisotopic (exact) mass is 225 g/mol. The van der Waals surface area contributed by atoms with E-state index >= 15 is 0 Å². The first-order valence-electron chi connectivity index (χ1n) is 4.76. The van der Waals surface area contributed by atoms with E-state index in [4.69, 9.17) is 4.74 Å². The molecule has 0 unspecified atom stereocenters. The Kier molecular flexibility index (Phi) is 3.99. The van der Waals surface area contributed by atoms with Crippen molar-refractivity contribution in [2.45, 2.75) is 6.92 Å². The summed E-state index contributed by atoms with van der Waals surface area (Å²) in [4.78, 5) is 22.7. The second-order valence-corrected chi connectivity index (χ2v) is 3.04. The van der Waals surface area contributed by atoms with Crippen molar-refractivity contribution in [3.63, 3.8) is 0 Å². The fourth-order valence-electron chi connectivity index (χ4n) is 1.18. The molecule has 1 aromatic rings. The SMILES string of the molecule is CCNC(=O)C(=O)c1ccc(OC)c(F)c1. The van der Waals surface area contributed by atoms with Crippen molar-refractivity contribution in [3.05, 3.63) is 29.6 Å². The Morgan fingerprint density at radius 3 is 2.62 bits per heavy atom. The van der Waals surface area contributed by atoms with Gasteiger partial charge in [-0.25, -0.2) is 4.39 Å². The maximum atomic E-state index is 13.3. The third-order valence-electron chi connectivity index (χ3n) is 1.96. The van der Waals surface area contributed by atoms with Crippen molar-refractivity contribution in [2.75, 3.05) is 13.7 Å². The summed E-state index contributed by atoms with van der Waals surface area (Å²) in [6.07, 6.45) is 0. The van der Waals surface area contributed by atoms with Crippen LogP contribution in [0.2, 0.25) is 0 Å². The predicted octanol–water partition coefficient (Wildman–Crippen LogP) is 1.15. The van der Waals surface area contributed by atoms with Crippen molar-refractivity contribution in [3.8, 4) is 5.75 Å². The van der Waals surface area contributed by atoms with Gasteiger partial charge in [0.1, 0.15) is 0 Å². The van der Waals surface area contributed by atoms with E-state index < -0.39 is 17.5 Å². The van der Waals surface area contributed by atoms with Gasteiger partial charge in [0.25, 0.3) is 5.91 Å². The lowest BCUT2D eigenvalue weighted by atomic mass is 10.1. The van der Waals surface area contributed by atoms with Crippen molar-refractivity contribution in [1.82, 2.24) is 5.32 Å². The summed E-state index contributed by atoms with van der Waals surface area (Å²) >= 11 is 0. The molecule has 0 saturated heterocycles. The van der Waals surface area contributed by atoms with Crippen LogP contribution in [-0.2, 0) is 4.79 Å². The fraction of sp³-hybridized carbons (Fsp3) is 0.273. The van der Waals surface area contributed by atoms with Gasteiger partial charge in [-0.15, -0.1) is 0 Å². The second kappa shape index (κ2) is 5.25. The molecular formula is C11H12FNO3. The molecule has 0 aliphatic rings. The van der Waals surface area contributed by atoms with Crippen LogP contribution in [0.15, 0.2) is 18.2 Å². The van der Waals surface area contributed by atoms with Crippen molar-refractivity contribution in [2.24, 2.45) is 0 Å². The summed E-state index contributed by atoms with van der Waals surface area (Å²) in [6.45, 7) is 2.04. The molecule has 0 radical (unpaired) electrons. The molecule has 0 aromatic heterocycles. The maximum absolute atomic E-state index is 13.3. The van der Waals surface area contributed by atoms with Crippen molar-refractivity contribution >= 4 is 11.7 Å². The molecule has 0 aliphatic heterocycles. The van der Waals surface area contributed by atoms with Crippen LogP contribution in [0.1, 0.15) is 17.3 Å². The van der Waals surface area contributed by atoms with E-state index in [-0.39, 0.29) is 11.3 Å². The molecule has 0 bridgehead atoms. The zero-order valence-corrected chi connectivity index (χ0v) is 9.04. The van der Waals surface area contributed by atoms with Crippen molar-refractivity contribution in [1.29, 1.82) is 0 Å². The molecule has 0 atom stereocenters. The van der Waals surface area contributed by atoms with Gasteiger partial charge in [-0.05, 0) is 25.1 Å². The van der Waals surface area contributed by atoms with Crippen LogP contribution in [0.3, 0.4) is 0 Å². The van der Waals surface area contributed by atoms with Crippen molar-refractivity contribution < 1.29 is 18.7 Å². The number of methoxy groups -OCH3 is 1. The highest BCUT2D eigenvalue weighted by molar-refractivity contribution is 6.42. The molecule has 0 fully saturated rings. The average Bonchev–Trinajstić information content (AvgIpc) is 2.28. The fourth-order valence-corrected chi connectivity index (χ4v) is 1.18. The Labute approximate surface area is 92.4 Å². The van der Waals surface area contributed by atoms with Gasteiger partial charge in [-0.2, -0.15) is 0 Å². The predicted molar refractivity (Wildman–Crippen MR) is 56.0 cm³/mol. The number of carbonyl (C=O) groups excluding carboxylic acids is 2. The van der Waals surface area contributed by atoms with E-state index in [9.17, 15) is 14.0 Å². The molecule has 1 aromatic carbocycles. The number of hydrogen-bond donors (Lipinski definition) is 1. The van der Waals surface area contributed by atoms with Gasteiger partial charge in [-0.3, -0.25) is 9.59 Å². The Morgan fingerprint density at radius 1 is 1.44 bits per heavy atom. The number of ketones is 1. The molecule has 0 aliphatic carbocycles. The quantitative estimate of drug-likeness (QED) is 0.617. The molecule has 1 N–H and O–H groups in total. The highest BCUT2D eigenvalue weighted by Gasteiger charge is 2.16. The molecular weight excluding hydrogens is 213 g/mol. The van der Waals surface area contributed by atoms with E-state index in [0.717, 1.165) is 6.07 Å². The smallest absolute Gasteiger partial charge is 0.292 e. The zero-order valence-electron chi connectivity index (χ0n) is 9.04. The summed E-state index contributed by atoms with van der Waals surface area (Å²) in [6, 6.07) is 3.64. The standard InChI is InChI=1S/C11H12FNO3/c1-3-13-11(15)10(14)7-4-5-9(16-2)8(12)6-7/h4-6H,3H2,1-2H3,(H,13,15). The van der Waals surface area contributed by atoms with E-state index in [2.05, 4.69) is 5.32 Å². The summed E-state index contributed by atoms with van der Waals surface area (Å²) < 4.78 is 18.0. The number of likely N-dealkylation sites (N-methyl/N-ethyl adjacent to an activating group) is 1. The Balaban J connectivity index is 2.93. The largest absolute Gasteiger partial charge is 0.494 e. The molecule has 16 heavy (non-hydrogen) atoms. The highest BCUT2D eigenvalue weighted by atomic mass is 19.1. The van der Waals surface area contributed by atoms with Crippen LogP contribution in [0, 0.1) is 5.82 Å².